The molecule has 0 atom stereocenters. The molecule has 2 aromatic heterocycles. The molecule has 140 valence electrons. The first-order valence-electron chi connectivity index (χ1n) is 10.6. The lowest BCUT2D eigenvalue weighted by Crippen LogP contribution is -2.16. The lowest BCUT2D eigenvalue weighted by Gasteiger charge is -2.23. The fraction of sp³-hybridized carbons (Fsp3) is 0.364. The molecule has 3 aromatic rings. The van der Waals surface area contributed by atoms with E-state index in [0.717, 1.165) is 24.1 Å². The third kappa shape index (κ3) is 3.10. The Morgan fingerprint density at radius 2 is 2.26 bits per heavy atom. The van der Waals surface area contributed by atoms with Gasteiger partial charge in [0.2, 0.25) is 0 Å². The number of methoxy groups -OCH3 is 1. The minimum atomic E-state index is -2.80. The predicted molar refractivity (Wildman–Crippen MR) is 109 cm³/mol. The molecule has 1 aromatic carbocycles. The molecule has 0 spiro atoms. The molecular weight excluding hydrogens is 356 g/mol. The first-order chi connectivity index (χ1) is 14.1. The van der Waals surface area contributed by atoms with Crippen LogP contribution in [-0.4, -0.2) is 22.6 Å². The number of hydrogen-bond donors (Lipinski definition) is 0. The van der Waals surface area contributed by atoms with Crippen LogP contribution in [0.2, 0.25) is 0 Å². The van der Waals surface area contributed by atoms with E-state index < -0.39 is 13.0 Å². The molecule has 0 saturated carbocycles. The van der Waals surface area contributed by atoms with E-state index in [4.69, 9.17) is 8.85 Å². The third-order valence-corrected chi connectivity index (χ3v) is 5.76. The number of rotatable bonds is 4. The smallest absolute Gasteiger partial charge is 0.358 e. The van der Waals surface area contributed by atoms with Gasteiger partial charge in [0.1, 0.15) is 5.82 Å². The number of hydrogen-bond acceptors (Lipinski definition) is 4. The number of aryl methyl sites for hydroxylation is 2. The molecule has 4 nitrogen and oxygen atoms in total. The normalized spacial score (nSPS) is 14.9. The molecule has 0 radical (unpaired) electrons. The second kappa shape index (κ2) is 6.97. The maximum Gasteiger partial charge on any atom is 0.358 e. The van der Waals surface area contributed by atoms with Crippen LogP contribution in [0.1, 0.15) is 50.8 Å². The average molecular weight is 384 g/mol. The number of carbonyl (C=O) groups excluding carboxylic acids is 1. The number of aromatic nitrogens is 2. The van der Waals surface area contributed by atoms with Gasteiger partial charge in [0.05, 0.1) is 22.5 Å². The topological polar surface area (TPSA) is 44.1 Å². The monoisotopic (exact) mass is 383 g/mol. The zero-order chi connectivity index (χ0) is 21.6. The highest BCUT2D eigenvalue weighted by molar-refractivity contribution is 7.08. The van der Waals surface area contributed by atoms with Gasteiger partial charge in [-0.3, -0.25) is 4.57 Å². The molecule has 0 N–H and O–H groups in total. The van der Waals surface area contributed by atoms with Gasteiger partial charge in [0, 0.05) is 10.9 Å². The number of esters is 1. The second-order valence-corrected chi connectivity index (χ2v) is 8.25. The summed E-state index contributed by atoms with van der Waals surface area (Å²) >= 11 is 1.55. The fourth-order valence-corrected chi connectivity index (χ4v) is 4.50. The van der Waals surface area contributed by atoms with Crippen LogP contribution in [0, 0.1) is 12.8 Å². The Morgan fingerprint density at radius 1 is 1.41 bits per heavy atom. The van der Waals surface area contributed by atoms with Crippen LogP contribution < -0.4 is 0 Å². The largest absolute Gasteiger partial charge is 0.464 e. The summed E-state index contributed by atoms with van der Waals surface area (Å²) in [6.45, 7) is 6.53. The molecule has 0 bridgehead atoms. The Morgan fingerprint density at radius 3 is 2.96 bits per heavy atom. The fourth-order valence-electron chi connectivity index (χ4n) is 3.86. The summed E-state index contributed by atoms with van der Waals surface area (Å²) in [6, 6.07) is 6.38. The lowest BCUT2D eigenvalue weighted by molar-refractivity contribution is 0.0593. The van der Waals surface area contributed by atoms with E-state index in [1.165, 1.54) is 16.7 Å². The number of imidazole rings is 1. The van der Waals surface area contributed by atoms with E-state index in [1.807, 2.05) is 21.4 Å². The minimum absolute atomic E-state index is 0.0870. The zero-order valence-electron chi connectivity index (χ0n) is 18.7. The molecule has 4 rings (SSSR count). The van der Waals surface area contributed by atoms with Gasteiger partial charge in [0.15, 0.2) is 5.69 Å². The van der Waals surface area contributed by atoms with Crippen molar-refractivity contribution in [1.29, 1.82) is 0 Å². The standard InChI is InChI=1S/C22H24N2O2S/c1-13(2)9-17-11-19-15(10-14(17)3)5-6-18-20(22(25)26-4)23-21(24(18)19)16-7-8-27-12-16/h7-8,10-13H,5-6,9H2,1-4H3/i4D3. The van der Waals surface area contributed by atoms with E-state index in [0.29, 0.717) is 23.9 Å². The van der Waals surface area contributed by atoms with Crippen molar-refractivity contribution in [2.75, 3.05) is 7.04 Å². The van der Waals surface area contributed by atoms with Crippen LogP contribution in [0.3, 0.4) is 0 Å². The van der Waals surface area contributed by atoms with E-state index in [2.05, 4.69) is 37.9 Å². The molecule has 1 aliphatic rings. The van der Waals surface area contributed by atoms with Gasteiger partial charge in [-0.1, -0.05) is 19.9 Å². The predicted octanol–water partition coefficient (Wildman–Crippen LogP) is 4.99. The number of benzene rings is 1. The van der Waals surface area contributed by atoms with Crippen molar-refractivity contribution >= 4 is 17.3 Å². The SMILES string of the molecule is [2H]C([2H])([2H])OC(=O)c1nc(-c2ccsc2)n2c1CCc1cc(C)c(CC(C)C)cc1-2. The second-order valence-electron chi connectivity index (χ2n) is 7.47. The number of nitrogens with zero attached hydrogens (tertiary/aromatic N) is 2. The van der Waals surface area contributed by atoms with Gasteiger partial charge in [-0.25, -0.2) is 9.78 Å². The first kappa shape index (κ1) is 14.6. The molecule has 0 aliphatic carbocycles. The van der Waals surface area contributed by atoms with Crippen molar-refractivity contribution in [2.45, 2.75) is 40.0 Å². The summed E-state index contributed by atoms with van der Waals surface area (Å²) in [5.41, 5.74) is 6.45. The van der Waals surface area contributed by atoms with Crippen LogP contribution in [0.25, 0.3) is 17.1 Å². The maximum absolute atomic E-state index is 12.6. The lowest BCUT2D eigenvalue weighted by atomic mass is 9.92. The first-order valence-corrected chi connectivity index (χ1v) is 10.1. The number of thiophene rings is 1. The van der Waals surface area contributed by atoms with Gasteiger partial charge in [-0.15, -0.1) is 0 Å². The molecule has 0 fully saturated rings. The summed E-state index contributed by atoms with van der Waals surface area (Å²) in [5, 5.41) is 3.94. The van der Waals surface area contributed by atoms with Gasteiger partial charge >= 0.3 is 5.97 Å². The van der Waals surface area contributed by atoms with Crippen LogP contribution in [0.4, 0.5) is 0 Å². The molecular formula is C22H24N2O2S. The van der Waals surface area contributed by atoms with Gasteiger partial charge in [-0.2, -0.15) is 11.3 Å². The van der Waals surface area contributed by atoms with E-state index in [9.17, 15) is 4.79 Å². The van der Waals surface area contributed by atoms with E-state index in [-0.39, 0.29) is 5.69 Å². The molecule has 1 aliphatic heterocycles. The Bertz CT molecular complexity index is 1100. The Balaban J connectivity index is 1.91. The minimum Gasteiger partial charge on any atom is -0.464 e. The quantitative estimate of drug-likeness (QED) is 0.596. The average Bonchev–Trinajstić information content (AvgIpc) is 3.27. The van der Waals surface area contributed by atoms with Crippen molar-refractivity contribution in [2.24, 2.45) is 5.92 Å². The molecule has 27 heavy (non-hydrogen) atoms. The Kier molecular flexibility index (Phi) is 3.77. The molecule has 0 unspecified atom stereocenters. The van der Waals surface area contributed by atoms with Gasteiger partial charge in [0.25, 0.3) is 0 Å². The Hall–Kier alpha value is -2.40. The van der Waals surface area contributed by atoms with Gasteiger partial charge in [-0.05, 0) is 66.3 Å². The van der Waals surface area contributed by atoms with Gasteiger partial charge < -0.3 is 4.74 Å². The molecule has 3 heterocycles. The molecule has 5 heteroatoms. The summed E-state index contributed by atoms with van der Waals surface area (Å²) in [5.74, 6) is 0.260. The van der Waals surface area contributed by atoms with Crippen molar-refractivity contribution in [1.82, 2.24) is 9.55 Å². The third-order valence-electron chi connectivity index (χ3n) is 5.08. The van der Waals surface area contributed by atoms with E-state index >= 15 is 0 Å². The number of carbonyl (C=O) groups is 1. The summed E-state index contributed by atoms with van der Waals surface area (Å²) in [4.78, 5) is 17.2. The summed E-state index contributed by atoms with van der Waals surface area (Å²) in [6.07, 6.45) is 2.32. The molecule has 0 saturated heterocycles. The van der Waals surface area contributed by atoms with Crippen molar-refractivity contribution in [3.63, 3.8) is 0 Å². The van der Waals surface area contributed by atoms with Crippen molar-refractivity contribution < 1.29 is 13.6 Å². The highest BCUT2D eigenvalue weighted by Crippen LogP contribution is 2.35. The highest BCUT2D eigenvalue weighted by atomic mass is 32.1. The van der Waals surface area contributed by atoms with Crippen LogP contribution in [0.15, 0.2) is 29.0 Å². The van der Waals surface area contributed by atoms with Crippen LogP contribution in [0.5, 0.6) is 0 Å². The van der Waals surface area contributed by atoms with Crippen LogP contribution in [-0.2, 0) is 24.0 Å². The maximum atomic E-state index is 12.6. The van der Waals surface area contributed by atoms with Crippen molar-refractivity contribution in [3.8, 4) is 17.1 Å². The number of fused-ring (bicyclic) bond motifs is 3. The van der Waals surface area contributed by atoms with E-state index in [1.54, 1.807) is 11.3 Å². The number of ether oxygens (including phenoxy) is 1. The van der Waals surface area contributed by atoms with Crippen molar-refractivity contribution in [3.05, 3.63) is 57.0 Å². The summed E-state index contributed by atoms with van der Waals surface area (Å²) < 4.78 is 28.6. The zero-order valence-corrected chi connectivity index (χ0v) is 16.5. The van der Waals surface area contributed by atoms with Crippen LogP contribution >= 0.6 is 11.3 Å². The highest BCUT2D eigenvalue weighted by Gasteiger charge is 2.29. The Labute approximate surface area is 168 Å². The molecule has 0 amide bonds. The summed E-state index contributed by atoms with van der Waals surface area (Å²) in [7, 11) is -2.80.